The normalized spacial score (nSPS) is 15.6. The molecule has 9 heteroatoms. The molecule has 3 rings (SSSR count). The molecule has 1 heterocycles. The number of nitrogens with zero attached hydrogens (tertiary/aromatic N) is 2. The van der Waals surface area contributed by atoms with Crippen molar-refractivity contribution in [2.45, 2.75) is 13.5 Å². The van der Waals surface area contributed by atoms with Crippen molar-refractivity contribution in [2.75, 3.05) is 32.9 Å². The first kappa shape index (κ1) is 23.5. The summed E-state index contributed by atoms with van der Waals surface area (Å²) < 4.78 is 51.4. The predicted octanol–water partition coefficient (Wildman–Crippen LogP) is 4.17. The van der Waals surface area contributed by atoms with E-state index < -0.39 is 34.8 Å². The standard InChI is InChI=1S/C23H23F3N2O4/c1-2-32-23(30)18(13-27-16-4-6-20(25)21(26)12-16)22(29)17-11-15(3-5-19(17)24)14-28-7-9-31-10-8-28/h3-6,11-13,29H,2,7-10,14H2,1H3/b22-18+,27-13?. The lowest BCUT2D eigenvalue weighted by atomic mass is 10.0. The zero-order chi connectivity index (χ0) is 23.1. The van der Waals surface area contributed by atoms with Gasteiger partial charge in [-0.15, -0.1) is 0 Å². The number of rotatable bonds is 7. The Balaban J connectivity index is 1.95. The molecule has 0 spiro atoms. The van der Waals surface area contributed by atoms with E-state index in [2.05, 4.69) is 9.89 Å². The van der Waals surface area contributed by atoms with Crippen molar-refractivity contribution in [3.8, 4) is 0 Å². The van der Waals surface area contributed by atoms with Gasteiger partial charge in [0.1, 0.15) is 17.1 Å². The Morgan fingerprint density at radius 2 is 1.84 bits per heavy atom. The lowest BCUT2D eigenvalue weighted by Crippen LogP contribution is -2.35. The van der Waals surface area contributed by atoms with E-state index in [1.165, 1.54) is 18.2 Å². The second-order valence-corrected chi connectivity index (χ2v) is 7.04. The number of aliphatic hydroxyl groups excluding tert-OH is 1. The zero-order valence-electron chi connectivity index (χ0n) is 17.5. The van der Waals surface area contributed by atoms with Gasteiger partial charge in [0, 0.05) is 31.9 Å². The van der Waals surface area contributed by atoms with Gasteiger partial charge in [-0.05, 0) is 36.8 Å². The van der Waals surface area contributed by atoms with Gasteiger partial charge in [-0.25, -0.2) is 18.0 Å². The van der Waals surface area contributed by atoms with Gasteiger partial charge in [-0.2, -0.15) is 0 Å². The van der Waals surface area contributed by atoms with Crippen molar-refractivity contribution >= 4 is 23.6 Å². The van der Waals surface area contributed by atoms with Crippen LogP contribution in [0.5, 0.6) is 0 Å². The molecule has 1 fully saturated rings. The number of hydrogen-bond donors (Lipinski definition) is 1. The minimum Gasteiger partial charge on any atom is -0.506 e. The van der Waals surface area contributed by atoms with Crippen LogP contribution >= 0.6 is 0 Å². The summed E-state index contributed by atoms with van der Waals surface area (Å²) >= 11 is 0. The van der Waals surface area contributed by atoms with Crippen LogP contribution in [-0.4, -0.2) is 55.1 Å². The molecule has 0 bridgehead atoms. The number of ether oxygens (including phenoxy) is 2. The lowest BCUT2D eigenvalue weighted by Gasteiger charge is -2.26. The van der Waals surface area contributed by atoms with Gasteiger partial charge in [-0.1, -0.05) is 6.07 Å². The molecule has 1 aliphatic heterocycles. The van der Waals surface area contributed by atoms with Crippen molar-refractivity contribution in [3.05, 3.63) is 70.5 Å². The molecule has 0 saturated carbocycles. The molecule has 2 aromatic rings. The fourth-order valence-corrected chi connectivity index (χ4v) is 3.14. The molecule has 6 nitrogen and oxygen atoms in total. The Morgan fingerprint density at radius 1 is 1.12 bits per heavy atom. The third-order valence-electron chi connectivity index (χ3n) is 4.79. The highest BCUT2D eigenvalue weighted by molar-refractivity contribution is 6.15. The zero-order valence-corrected chi connectivity index (χ0v) is 17.5. The average Bonchev–Trinajstić information content (AvgIpc) is 2.78. The Bertz CT molecular complexity index is 1030. The van der Waals surface area contributed by atoms with Crippen molar-refractivity contribution in [3.63, 3.8) is 0 Å². The van der Waals surface area contributed by atoms with Crippen molar-refractivity contribution in [2.24, 2.45) is 4.99 Å². The first-order valence-corrected chi connectivity index (χ1v) is 10.1. The molecular formula is C23H23F3N2O4. The predicted molar refractivity (Wildman–Crippen MR) is 113 cm³/mol. The Kier molecular flexibility index (Phi) is 8.02. The van der Waals surface area contributed by atoms with E-state index in [1.807, 2.05) is 0 Å². The van der Waals surface area contributed by atoms with Gasteiger partial charge < -0.3 is 14.6 Å². The second kappa shape index (κ2) is 10.9. The number of carbonyl (C=O) groups excluding carboxylic acids is 1. The summed E-state index contributed by atoms with van der Waals surface area (Å²) in [4.78, 5) is 18.4. The van der Waals surface area contributed by atoms with Gasteiger partial charge in [0.25, 0.3) is 0 Å². The van der Waals surface area contributed by atoms with Crippen LogP contribution in [0.15, 0.2) is 47.0 Å². The third kappa shape index (κ3) is 5.95. The summed E-state index contributed by atoms with van der Waals surface area (Å²) in [7, 11) is 0. The van der Waals surface area contributed by atoms with E-state index in [1.54, 1.807) is 13.0 Å². The topological polar surface area (TPSA) is 71.4 Å². The number of benzene rings is 2. The molecule has 1 N–H and O–H groups in total. The molecule has 0 amide bonds. The maximum Gasteiger partial charge on any atom is 0.343 e. The summed E-state index contributed by atoms with van der Waals surface area (Å²) in [6.45, 7) is 4.75. The van der Waals surface area contributed by atoms with E-state index in [9.17, 15) is 23.1 Å². The van der Waals surface area contributed by atoms with Crippen molar-refractivity contribution in [1.29, 1.82) is 0 Å². The summed E-state index contributed by atoms with van der Waals surface area (Å²) in [5.41, 5.74) is 0.116. The van der Waals surface area contributed by atoms with Crippen molar-refractivity contribution in [1.82, 2.24) is 4.90 Å². The minimum absolute atomic E-state index is 0.0000357. The Morgan fingerprint density at radius 3 is 2.53 bits per heavy atom. The first-order valence-electron chi connectivity index (χ1n) is 10.1. The highest BCUT2D eigenvalue weighted by Crippen LogP contribution is 2.23. The molecule has 2 aromatic carbocycles. The average molecular weight is 448 g/mol. The van der Waals surface area contributed by atoms with Gasteiger partial charge in [0.15, 0.2) is 11.6 Å². The van der Waals surface area contributed by atoms with E-state index in [-0.39, 0.29) is 17.9 Å². The minimum atomic E-state index is -1.12. The van der Waals surface area contributed by atoms with Gasteiger partial charge in [0.2, 0.25) is 0 Å². The van der Waals surface area contributed by atoms with Gasteiger partial charge >= 0.3 is 5.97 Å². The molecule has 32 heavy (non-hydrogen) atoms. The molecule has 0 aliphatic carbocycles. The molecule has 0 radical (unpaired) electrons. The molecule has 1 aliphatic rings. The van der Waals surface area contributed by atoms with E-state index in [0.717, 1.165) is 37.0 Å². The largest absolute Gasteiger partial charge is 0.506 e. The maximum absolute atomic E-state index is 14.6. The van der Waals surface area contributed by atoms with Gasteiger partial charge in [-0.3, -0.25) is 9.89 Å². The number of esters is 1. The molecular weight excluding hydrogens is 425 g/mol. The third-order valence-corrected chi connectivity index (χ3v) is 4.79. The lowest BCUT2D eigenvalue weighted by molar-refractivity contribution is -0.137. The smallest absolute Gasteiger partial charge is 0.343 e. The Hall–Kier alpha value is -3.17. The van der Waals surface area contributed by atoms with Crippen LogP contribution < -0.4 is 0 Å². The number of aliphatic imine (C=N–C) groups is 1. The van der Waals surface area contributed by atoms with Crippen LogP contribution in [0, 0.1) is 17.5 Å². The quantitative estimate of drug-likeness (QED) is 0.298. The molecule has 0 atom stereocenters. The van der Waals surface area contributed by atoms with E-state index in [0.29, 0.717) is 19.8 Å². The van der Waals surface area contributed by atoms with Crippen LogP contribution in [0.2, 0.25) is 0 Å². The maximum atomic E-state index is 14.6. The van der Waals surface area contributed by atoms with Crippen molar-refractivity contribution < 1.29 is 32.5 Å². The number of aliphatic hydroxyl groups is 1. The molecule has 0 aromatic heterocycles. The SMILES string of the molecule is CCOC(=O)/C(C=Nc1ccc(F)c(F)c1)=C(/O)c1cc(CN2CCOCC2)ccc1F. The van der Waals surface area contributed by atoms with Crippen LogP contribution in [0.25, 0.3) is 5.76 Å². The van der Waals surface area contributed by atoms with E-state index in [4.69, 9.17) is 9.47 Å². The number of morpholine rings is 1. The molecule has 0 unspecified atom stereocenters. The molecule has 170 valence electrons. The fraction of sp³-hybridized carbons (Fsp3) is 0.304. The summed E-state index contributed by atoms with van der Waals surface area (Å²) in [5, 5.41) is 10.7. The monoisotopic (exact) mass is 448 g/mol. The summed E-state index contributed by atoms with van der Waals surface area (Å²) in [5.74, 6) is -4.51. The number of hydrogen-bond acceptors (Lipinski definition) is 6. The van der Waals surface area contributed by atoms with Gasteiger partial charge in [0.05, 0.1) is 31.1 Å². The van der Waals surface area contributed by atoms with Crippen LogP contribution in [0.1, 0.15) is 18.1 Å². The fourth-order valence-electron chi connectivity index (χ4n) is 3.14. The highest BCUT2D eigenvalue weighted by atomic mass is 19.2. The number of halogens is 3. The van der Waals surface area contributed by atoms with Crippen LogP contribution in [0.3, 0.4) is 0 Å². The summed E-state index contributed by atoms with van der Waals surface area (Å²) in [6, 6.07) is 7.15. The number of carbonyl (C=O) groups is 1. The summed E-state index contributed by atoms with van der Waals surface area (Å²) in [6.07, 6.45) is 0.939. The second-order valence-electron chi connectivity index (χ2n) is 7.04. The highest BCUT2D eigenvalue weighted by Gasteiger charge is 2.20. The molecule has 1 saturated heterocycles. The first-order chi connectivity index (χ1) is 15.4. The van der Waals surface area contributed by atoms with E-state index >= 15 is 0 Å². The van der Waals surface area contributed by atoms with Crippen LogP contribution in [0.4, 0.5) is 18.9 Å². The van der Waals surface area contributed by atoms with Crippen LogP contribution in [-0.2, 0) is 20.8 Å². The Labute approximate surface area is 183 Å².